The van der Waals surface area contributed by atoms with Crippen LogP contribution in [0, 0.1) is 0 Å². The molecule has 0 aliphatic carbocycles. The Morgan fingerprint density at radius 3 is 2.73 bits per heavy atom. The Kier molecular flexibility index (Phi) is 2.28. The molecule has 2 rings (SSSR count). The number of aromatic nitrogens is 1. The van der Waals surface area contributed by atoms with Crippen molar-refractivity contribution < 1.29 is 8.42 Å². The smallest absolute Gasteiger partial charge is 0.238 e. The Morgan fingerprint density at radius 1 is 1.40 bits per heavy atom. The summed E-state index contributed by atoms with van der Waals surface area (Å²) in [4.78, 5) is 3.25. The van der Waals surface area contributed by atoms with Crippen LogP contribution in [0.2, 0.25) is 0 Å². The predicted molar refractivity (Wildman–Crippen MR) is 59.0 cm³/mol. The van der Waals surface area contributed by atoms with Gasteiger partial charge >= 0.3 is 0 Å². The molecule has 0 fully saturated rings. The van der Waals surface area contributed by atoms with E-state index < -0.39 is 10.0 Å². The highest BCUT2D eigenvalue weighted by Gasteiger charge is 2.11. The lowest BCUT2D eigenvalue weighted by Crippen LogP contribution is -2.12. The monoisotopic (exact) mass is 224 g/mol. The fourth-order valence-corrected chi connectivity index (χ4v) is 2.26. The van der Waals surface area contributed by atoms with Gasteiger partial charge in [0.2, 0.25) is 10.0 Å². The minimum Gasteiger partial charge on any atom is -0.361 e. The van der Waals surface area contributed by atoms with Gasteiger partial charge in [-0.2, -0.15) is 0 Å². The highest BCUT2D eigenvalue weighted by atomic mass is 32.2. The van der Waals surface area contributed by atoms with E-state index in [1.54, 1.807) is 18.3 Å². The van der Waals surface area contributed by atoms with E-state index in [0.29, 0.717) is 0 Å². The van der Waals surface area contributed by atoms with Crippen LogP contribution < -0.4 is 5.14 Å². The molecule has 0 aliphatic rings. The normalized spacial score (nSPS) is 12.1. The second kappa shape index (κ2) is 3.36. The molecule has 1 aromatic heterocycles. The zero-order valence-corrected chi connectivity index (χ0v) is 9.14. The van der Waals surface area contributed by atoms with Crippen molar-refractivity contribution in [2.24, 2.45) is 5.14 Å². The van der Waals surface area contributed by atoms with Gasteiger partial charge in [-0.15, -0.1) is 0 Å². The maximum absolute atomic E-state index is 11.2. The van der Waals surface area contributed by atoms with Crippen LogP contribution in [0.25, 0.3) is 10.9 Å². The Balaban J connectivity index is 2.80. The van der Waals surface area contributed by atoms with Crippen molar-refractivity contribution in [3.05, 3.63) is 30.0 Å². The molecule has 15 heavy (non-hydrogen) atoms. The Bertz CT molecular complexity index is 599. The largest absolute Gasteiger partial charge is 0.361 e. The van der Waals surface area contributed by atoms with Crippen LogP contribution in [0.1, 0.15) is 12.5 Å². The van der Waals surface area contributed by atoms with Crippen molar-refractivity contribution >= 4 is 20.9 Å². The maximum Gasteiger partial charge on any atom is 0.238 e. The Hall–Kier alpha value is -1.33. The van der Waals surface area contributed by atoms with Crippen LogP contribution >= 0.6 is 0 Å². The highest BCUT2D eigenvalue weighted by molar-refractivity contribution is 7.89. The fourth-order valence-electron chi connectivity index (χ4n) is 1.66. The quantitative estimate of drug-likeness (QED) is 0.808. The van der Waals surface area contributed by atoms with Gasteiger partial charge in [0.05, 0.1) is 4.90 Å². The minimum atomic E-state index is -3.62. The van der Waals surface area contributed by atoms with E-state index in [4.69, 9.17) is 5.14 Å². The number of nitrogens with two attached hydrogens (primary N) is 1. The number of nitrogens with one attached hydrogen (secondary N) is 1. The number of H-pyrrole nitrogens is 1. The summed E-state index contributed by atoms with van der Waals surface area (Å²) in [7, 11) is -3.62. The molecule has 0 atom stereocenters. The molecular weight excluding hydrogens is 212 g/mol. The summed E-state index contributed by atoms with van der Waals surface area (Å²) in [5.41, 5.74) is 1.94. The van der Waals surface area contributed by atoms with Gasteiger partial charge in [0.25, 0.3) is 0 Å². The summed E-state index contributed by atoms with van der Waals surface area (Å²) in [5, 5.41) is 5.98. The number of rotatable bonds is 2. The van der Waals surface area contributed by atoms with Gasteiger partial charge < -0.3 is 4.98 Å². The van der Waals surface area contributed by atoms with Crippen LogP contribution in [0.3, 0.4) is 0 Å². The molecule has 1 heterocycles. The SMILES string of the molecule is CCc1cc(S(N)(=O)=O)cc2cc[nH]c12. The highest BCUT2D eigenvalue weighted by Crippen LogP contribution is 2.22. The van der Waals surface area contributed by atoms with E-state index in [1.165, 1.54) is 0 Å². The molecule has 5 heteroatoms. The lowest BCUT2D eigenvalue weighted by Gasteiger charge is -2.03. The molecule has 0 aliphatic heterocycles. The van der Waals surface area contributed by atoms with Crippen molar-refractivity contribution in [2.45, 2.75) is 18.2 Å². The Morgan fingerprint density at radius 2 is 2.13 bits per heavy atom. The van der Waals surface area contributed by atoms with Crippen LogP contribution in [0.15, 0.2) is 29.3 Å². The third-order valence-electron chi connectivity index (χ3n) is 2.42. The van der Waals surface area contributed by atoms with Gasteiger partial charge in [0.1, 0.15) is 0 Å². The molecular formula is C10H12N2O2S. The number of aromatic amines is 1. The average molecular weight is 224 g/mol. The molecule has 2 aromatic rings. The van der Waals surface area contributed by atoms with Crippen molar-refractivity contribution in [1.29, 1.82) is 0 Å². The van der Waals surface area contributed by atoms with Gasteiger partial charge in [0, 0.05) is 17.1 Å². The molecule has 0 spiro atoms. The molecule has 0 bridgehead atoms. The molecule has 0 saturated heterocycles. The van der Waals surface area contributed by atoms with E-state index in [9.17, 15) is 8.42 Å². The van der Waals surface area contributed by atoms with E-state index in [1.807, 2.05) is 13.0 Å². The first-order valence-electron chi connectivity index (χ1n) is 4.65. The van der Waals surface area contributed by atoms with Crippen molar-refractivity contribution in [3.8, 4) is 0 Å². The van der Waals surface area contributed by atoms with Gasteiger partial charge in [-0.1, -0.05) is 6.92 Å². The molecule has 3 N–H and O–H groups in total. The average Bonchev–Trinajstić information content (AvgIpc) is 2.62. The summed E-state index contributed by atoms with van der Waals surface area (Å²) in [6.45, 7) is 1.97. The molecule has 1 aromatic carbocycles. The number of aryl methyl sites for hydroxylation is 1. The van der Waals surface area contributed by atoms with Crippen LogP contribution in [0.4, 0.5) is 0 Å². The summed E-state index contributed by atoms with van der Waals surface area (Å²) in [6.07, 6.45) is 2.55. The first-order valence-corrected chi connectivity index (χ1v) is 6.20. The Labute approximate surface area is 88.2 Å². The van der Waals surface area contributed by atoms with Gasteiger partial charge in [-0.05, 0) is 30.2 Å². The zero-order chi connectivity index (χ0) is 11.1. The predicted octanol–water partition coefficient (Wildman–Crippen LogP) is 1.38. The number of benzene rings is 1. The van der Waals surface area contributed by atoms with Crippen molar-refractivity contribution in [1.82, 2.24) is 4.98 Å². The number of hydrogen-bond acceptors (Lipinski definition) is 2. The number of sulfonamides is 1. The van der Waals surface area contributed by atoms with E-state index >= 15 is 0 Å². The van der Waals surface area contributed by atoms with Gasteiger partial charge in [-0.25, -0.2) is 13.6 Å². The number of fused-ring (bicyclic) bond motifs is 1. The van der Waals surface area contributed by atoms with Crippen molar-refractivity contribution in [3.63, 3.8) is 0 Å². The number of hydrogen-bond donors (Lipinski definition) is 2. The first-order chi connectivity index (χ1) is 7.02. The summed E-state index contributed by atoms with van der Waals surface area (Å²) in [5.74, 6) is 0. The maximum atomic E-state index is 11.2. The second-order valence-corrected chi connectivity index (χ2v) is 4.98. The van der Waals surface area contributed by atoms with Crippen molar-refractivity contribution in [2.75, 3.05) is 0 Å². The van der Waals surface area contributed by atoms with Crippen LogP contribution in [-0.4, -0.2) is 13.4 Å². The molecule has 0 radical (unpaired) electrons. The molecule has 0 amide bonds. The molecule has 0 saturated carbocycles. The lowest BCUT2D eigenvalue weighted by molar-refractivity contribution is 0.598. The molecule has 4 nitrogen and oxygen atoms in total. The van der Waals surface area contributed by atoms with E-state index in [2.05, 4.69) is 4.98 Å². The fraction of sp³-hybridized carbons (Fsp3) is 0.200. The number of primary sulfonamides is 1. The summed E-state index contributed by atoms with van der Waals surface area (Å²) < 4.78 is 22.5. The minimum absolute atomic E-state index is 0.173. The van der Waals surface area contributed by atoms with Crippen LogP contribution in [-0.2, 0) is 16.4 Å². The lowest BCUT2D eigenvalue weighted by atomic mass is 10.1. The molecule has 80 valence electrons. The standard InChI is InChI=1S/C10H12N2O2S/c1-2-7-5-9(15(11,13)14)6-8-3-4-12-10(7)8/h3-6,12H,2H2,1H3,(H2,11,13,14). The molecule has 0 unspecified atom stereocenters. The summed E-state index contributed by atoms with van der Waals surface area (Å²) >= 11 is 0. The topological polar surface area (TPSA) is 76.0 Å². The van der Waals surface area contributed by atoms with E-state index in [0.717, 1.165) is 22.9 Å². The second-order valence-electron chi connectivity index (χ2n) is 3.42. The van der Waals surface area contributed by atoms with E-state index in [-0.39, 0.29) is 4.90 Å². The zero-order valence-electron chi connectivity index (χ0n) is 8.32. The third-order valence-corrected chi connectivity index (χ3v) is 3.32. The first kappa shape index (κ1) is 10.2. The summed E-state index contributed by atoms with van der Waals surface area (Å²) in [6, 6.07) is 5.04. The third kappa shape index (κ3) is 1.75. The van der Waals surface area contributed by atoms with Crippen LogP contribution in [0.5, 0.6) is 0 Å². The van der Waals surface area contributed by atoms with Gasteiger partial charge in [-0.3, -0.25) is 0 Å². The van der Waals surface area contributed by atoms with Gasteiger partial charge in [0.15, 0.2) is 0 Å².